The minimum Gasteiger partial charge on any atom is -0.479 e. The Labute approximate surface area is 124 Å². The number of morpholine rings is 1. The number of carbonyl (C=O) groups excluding carboxylic acids is 1. The monoisotopic (exact) mass is 291 g/mol. The predicted octanol–water partition coefficient (Wildman–Crippen LogP) is 1.49. The largest absolute Gasteiger partial charge is 0.479 e. The molecular formula is C16H21NO4. The summed E-state index contributed by atoms with van der Waals surface area (Å²) in [7, 11) is 0. The molecule has 0 aromatic heterocycles. The number of carboxylic acids is 1. The van der Waals surface area contributed by atoms with Crippen molar-refractivity contribution in [2.75, 3.05) is 19.7 Å². The topological polar surface area (TPSA) is 66.8 Å². The summed E-state index contributed by atoms with van der Waals surface area (Å²) in [6.07, 6.45) is 1.19. The maximum absolute atomic E-state index is 12.1. The van der Waals surface area contributed by atoms with E-state index in [9.17, 15) is 9.59 Å². The van der Waals surface area contributed by atoms with Gasteiger partial charge in [-0.2, -0.15) is 0 Å². The van der Waals surface area contributed by atoms with Gasteiger partial charge in [-0.25, -0.2) is 4.79 Å². The lowest BCUT2D eigenvalue weighted by atomic mass is 10.1. The van der Waals surface area contributed by atoms with Crippen LogP contribution in [-0.4, -0.2) is 47.7 Å². The van der Waals surface area contributed by atoms with Crippen LogP contribution in [0.1, 0.15) is 24.5 Å². The van der Waals surface area contributed by atoms with Crippen molar-refractivity contribution in [2.45, 2.75) is 32.3 Å². The van der Waals surface area contributed by atoms with Crippen LogP contribution in [0.2, 0.25) is 0 Å². The molecule has 1 N–H and O–H groups in total. The lowest BCUT2D eigenvalue weighted by molar-refractivity contribution is -0.159. The molecule has 1 heterocycles. The molecule has 1 amide bonds. The third kappa shape index (κ3) is 4.29. The first-order chi connectivity index (χ1) is 10.1. The van der Waals surface area contributed by atoms with Crippen molar-refractivity contribution in [1.29, 1.82) is 0 Å². The van der Waals surface area contributed by atoms with Crippen LogP contribution in [0.5, 0.6) is 0 Å². The van der Waals surface area contributed by atoms with Gasteiger partial charge >= 0.3 is 5.97 Å². The van der Waals surface area contributed by atoms with E-state index in [2.05, 4.69) is 19.1 Å². The van der Waals surface area contributed by atoms with Crippen LogP contribution in [0.15, 0.2) is 24.3 Å². The Morgan fingerprint density at radius 3 is 2.57 bits per heavy atom. The fourth-order valence-electron chi connectivity index (χ4n) is 2.38. The molecule has 0 aliphatic carbocycles. The molecule has 1 aromatic carbocycles. The number of hydrogen-bond donors (Lipinski definition) is 1. The molecule has 1 aromatic rings. The van der Waals surface area contributed by atoms with Gasteiger partial charge in [-0.15, -0.1) is 0 Å². The van der Waals surface area contributed by atoms with Gasteiger partial charge in [-0.05, 0) is 24.0 Å². The van der Waals surface area contributed by atoms with Crippen LogP contribution in [0.25, 0.3) is 0 Å². The van der Waals surface area contributed by atoms with Crippen LogP contribution >= 0.6 is 0 Å². The van der Waals surface area contributed by atoms with Gasteiger partial charge in [-0.1, -0.05) is 31.2 Å². The van der Waals surface area contributed by atoms with Crippen LogP contribution in [0.4, 0.5) is 0 Å². The molecule has 1 atom stereocenters. The summed E-state index contributed by atoms with van der Waals surface area (Å²) in [5, 5.41) is 8.93. The van der Waals surface area contributed by atoms with Crippen molar-refractivity contribution in [2.24, 2.45) is 0 Å². The lowest BCUT2D eigenvalue weighted by Crippen LogP contribution is -2.48. The number of benzene rings is 1. The summed E-state index contributed by atoms with van der Waals surface area (Å²) < 4.78 is 5.11. The van der Waals surface area contributed by atoms with E-state index in [0.717, 1.165) is 12.0 Å². The van der Waals surface area contributed by atoms with Crippen LogP contribution in [0, 0.1) is 0 Å². The van der Waals surface area contributed by atoms with Gasteiger partial charge in [0, 0.05) is 13.0 Å². The molecule has 1 saturated heterocycles. The smallest absolute Gasteiger partial charge is 0.334 e. The van der Waals surface area contributed by atoms with E-state index in [4.69, 9.17) is 9.84 Å². The van der Waals surface area contributed by atoms with Crippen LogP contribution in [-0.2, 0) is 27.2 Å². The number of aryl methyl sites for hydroxylation is 2. The normalized spacial score (nSPS) is 18.5. The van der Waals surface area contributed by atoms with Gasteiger partial charge in [0.2, 0.25) is 5.91 Å². The SMILES string of the molecule is CCc1ccc(CCC(=O)N2CCO[C@@H](C(=O)O)C2)cc1. The molecule has 0 radical (unpaired) electrons. The number of ether oxygens (including phenoxy) is 1. The molecule has 0 saturated carbocycles. The molecule has 0 spiro atoms. The summed E-state index contributed by atoms with van der Waals surface area (Å²) >= 11 is 0. The van der Waals surface area contributed by atoms with Crippen molar-refractivity contribution in [3.05, 3.63) is 35.4 Å². The third-order valence-corrected chi connectivity index (χ3v) is 3.75. The maximum atomic E-state index is 12.1. The fraction of sp³-hybridized carbons (Fsp3) is 0.500. The number of nitrogens with zero attached hydrogens (tertiary/aromatic N) is 1. The molecule has 5 heteroatoms. The highest BCUT2D eigenvalue weighted by Crippen LogP contribution is 2.11. The number of amides is 1. The second kappa shape index (κ2) is 7.22. The first kappa shape index (κ1) is 15.5. The van der Waals surface area contributed by atoms with E-state index in [0.29, 0.717) is 19.4 Å². The van der Waals surface area contributed by atoms with E-state index in [-0.39, 0.29) is 19.1 Å². The van der Waals surface area contributed by atoms with Gasteiger partial charge in [0.25, 0.3) is 0 Å². The van der Waals surface area contributed by atoms with E-state index in [1.165, 1.54) is 5.56 Å². The predicted molar refractivity (Wildman–Crippen MR) is 78.1 cm³/mol. The molecule has 21 heavy (non-hydrogen) atoms. The summed E-state index contributed by atoms with van der Waals surface area (Å²) in [4.78, 5) is 24.6. The first-order valence-corrected chi connectivity index (χ1v) is 7.30. The Morgan fingerprint density at radius 1 is 1.29 bits per heavy atom. The number of hydrogen-bond acceptors (Lipinski definition) is 3. The molecule has 1 aliphatic rings. The molecule has 1 fully saturated rings. The minimum absolute atomic E-state index is 0.0101. The van der Waals surface area contributed by atoms with E-state index in [1.54, 1.807) is 4.90 Å². The Morgan fingerprint density at radius 2 is 1.95 bits per heavy atom. The highest BCUT2D eigenvalue weighted by Gasteiger charge is 2.28. The average molecular weight is 291 g/mol. The number of carboxylic acid groups (broad SMARTS) is 1. The highest BCUT2D eigenvalue weighted by atomic mass is 16.5. The molecule has 0 bridgehead atoms. The quantitative estimate of drug-likeness (QED) is 0.892. The Bertz CT molecular complexity index is 498. The third-order valence-electron chi connectivity index (χ3n) is 3.75. The van der Waals surface area contributed by atoms with E-state index < -0.39 is 12.1 Å². The van der Waals surface area contributed by atoms with Crippen molar-refractivity contribution in [1.82, 2.24) is 4.90 Å². The molecule has 114 valence electrons. The zero-order valence-corrected chi connectivity index (χ0v) is 12.2. The van der Waals surface area contributed by atoms with Gasteiger partial charge in [-0.3, -0.25) is 4.79 Å². The van der Waals surface area contributed by atoms with E-state index in [1.807, 2.05) is 12.1 Å². The van der Waals surface area contributed by atoms with Gasteiger partial charge in [0.15, 0.2) is 6.10 Å². The van der Waals surface area contributed by atoms with Gasteiger partial charge in [0.05, 0.1) is 13.2 Å². The van der Waals surface area contributed by atoms with E-state index >= 15 is 0 Å². The van der Waals surface area contributed by atoms with Gasteiger partial charge < -0.3 is 14.7 Å². The molecule has 0 unspecified atom stereocenters. The Kier molecular flexibility index (Phi) is 5.33. The van der Waals surface area contributed by atoms with Crippen LogP contribution in [0.3, 0.4) is 0 Å². The van der Waals surface area contributed by atoms with Crippen molar-refractivity contribution < 1.29 is 19.4 Å². The Balaban J connectivity index is 1.84. The van der Waals surface area contributed by atoms with Crippen molar-refractivity contribution in [3.8, 4) is 0 Å². The summed E-state index contributed by atoms with van der Waals surface area (Å²) in [6.45, 7) is 3.00. The summed E-state index contributed by atoms with van der Waals surface area (Å²) in [6, 6.07) is 8.25. The van der Waals surface area contributed by atoms with Crippen LogP contribution < -0.4 is 0 Å². The average Bonchev–Trinajstić information content (AvgIpc) is 2.53. The van der Waals surface area contributed by atoms with Crippen molar-refractivity contribution >= 4 is 11.9 Å². The second-order valence-corrected chi connectivity index (χ2v) is 5.21. The van der Waals surface area contributed by atoms with Gasteiger partial charge in [0.1, 0.15) is 0 Å². The molecule has 5 nitrogen and oxygen atoms in total. The first-order valence-electron chi connectivity index (χ1n) is 7.30. The highest BCUT2D eigenvalue weighted by molar-refractivity contribution is 5.78. The standard InChI is InChI=1S/C16H21NO4/c1-2-12-3-5-13(6-4-12)7-8-15(18)17-9-10-21-14(11-17)16(19)20/h3-6,14H,2,7-11H2,1H3,(H,19,20)/t14-/m1/s1. The lowest BCUT2D eigenvalue weighted by Gasteiger charge is -2.31. The minimum atomic E-state index is -1.01. The number of carbonyl (C=O) groups is 2. The number of rotatable bonds is 5. The second-order valence-electron chi connectivity index (χ2n) is 5.21. The summed E-state index contributed by atoms with van der Waals surface area (Å²) in [5.74, 6) is -1.02. The molecule has 1 aliphatic heterocycles. The Hall–Kier alpha value is -1.88. The zero-order chi connectivity index (χ0) is 15.2. The molecule has 2 rings (SSSR count). The summed E-state index contributed by atoms with van der Waals surface area (Å²) in [5.41, 5.74) is 2.41. The zero-order valence-electron chi connectivity index (χ0n) is 12.2. The maximum Gasteiger partial charge on any atom is 0.334 e. The molecular weight excluding hydrogens is 270 g/mol. The number of aliphatic carboxylic acids is 1. The fourth-order valence-corrected chi connectivity index (χ4v) is 2.38. The van der Waals surface area contributed by atoms with Crippen molar-refractivity contribution in [3.63, 3.8) is 0 Å².